The van der Waals surface area contributed by atoms with Gasteiger partial charge in [0.05, 0.1) is 12.8 Å². The van der Waals surface area contributed by atoms with Gasteiger partial charge in [0.2, 0.25) is 0 Å². The number of benzene rings is 1. The van der Waals surface area contributed by atoms with Crippen LogP contribution < -0.4 is 10.2 Å². The minimum atomic E-state index is -0.481. The molecule has 2 aromatic rings. The third kappa shape index (κ3) is 3.62. The number of nitrogens with one attached hydrogen (secondary N) is 1. The van der Waals surface area contributed by atoms with Crippen LogP contribution in [0.5, 0.6) is 5.75 Å². The summed E-state index contributed by atoms with van der Waals surface area (Å²) in [7, 11) is 1.40. The quantitative estimate of drug-likeness (QED) is 0.693. The Labute approximate surface area is 121 Å². The van der Waals surface area contributed by atoms with Crippen molar-refractivity contribution in [2.75, 3.05) is 7.11 Å². The van der Waals surface area contributed by atoms with E-state index in [1.807, 2.05) is 0 Å². The lowest BCUT2D eigenvalue weighted by atomic mass is 10.1. The third-order valence-electron chi connectivity index (χ3n) is 2.84. The molecule has 0 spiro atoms. The maximum Gasteiger partial charge on any atom is 0.271 e. The second-order valence-corrected chi connectivity index (χ2v) is 4.22. The van der Waals surface area contributed by atoms with Gasteiger partial charge in [0.1, 0.15) is 0 Å². The highest BCUT2D eigenvalue weighted by Crippen LogP contribution is 2.18. The Morgan fingerprint density at radius 3 is 2.57 bits per heavy atom. The summed E-state index contributed by atoms with van der Waals surface area (Å²) in [5.41, 5.74) is 3.90. The summed E-state index contributed by atoms with van der Waals surface area (Å²) in [6.45, 7) is 1.67. The molecule has 0 aliphatic heterocycles. The predicted octanol–water partition coefficient (Wildman–Crippen LogP) is 2.38. The van der Waals surface area contributed by atoms with Crippen LogP contribution >= 0.6 is 0 Å². The summed E-state index contributed by atoms with van der Waals surface area (Å²) in [6, 6.07) is 7.63. The predicted molar refractivity (Wildman–Crippen MR) is 76.9 cm³/mol. The SMILES string of the molecule is COc1ccc(/C(C)=N\NC(=O)c2ccncc2)cc1F. The van der Waals surface area contributed by atoms with E-state index >= 15 is 0 Å². The molecule has 0 saturated heterocycles. The van der Waals surface area contributed by atoms with Crippen LogP contribution in [0, 0.1) is 5.82 Å². The second-order valence-electron chi connectivity index (χ2n) is 4.22. The average molecular weight is 287 g/mol. The fourth-order valence-electron chi connectivity index (χ4n) is 1.66. The first-order chi connectivity index (χ1) is 10.1. The van der Waals surface area contributed by atoms with E-state index in [1.165, 1.54) is 31.6 Å². The van der Waals surface area contributed by atoms with Crippen molar-refractivity contribution < 1.29 is 13.9 Å². The summed E-state index contributed by atoms with van der Waals surface area (Å²) in [5, 5.41) is 3.96. The molecule has 6 heteroatoms. The molecular formula is C15H14FN3O2. The van der Waals surface area contributed by atoms with Crippen LogP contribution in [0.2, 0.25) is 0 Å². The zero-order valence-corrected chi connectivity index (χ0v) is 11.6. The normalized spacial score (nSPS) is 11.1. The molecule has 0 saturated carbocycles. The molecule has 1 heterocycles. The lowest BCUT2D eigenvalue weighted by Crippen LogP contribution is -2.19. The molecule has 21 heavy (non-hydrogen) atoms. The smallest absolute Gasteiger partial charge is 0.271 e. The summed E-state index contributed by atoms with van der Waals surface area (Å²) < 4.78 is 18.4. The number of carbonyl (C=O) groups is 1. The number of rotatable bonds is 4. The van der Waals surface area contributed by atoms with E-state index in [2.05, 4.69) is 15.5 Å². The molecule has 1 amide bonds. The number of halogens is 1. The van der Waals surface area contributed by atoms with Crippen LogP contribution in [-0.4, -0.2) is 23.7 Å². The maximum absolute atomic E-state index is 13.6. The van der Waals surface area contributed by atoms with Crippen molar-refractivity contribution in [1.82, 2.24) is 10.4 Å². The lowest BCUT2D eigenvalue weighted by molar-refractivity contribution is 0.0954. The maximum atomic E-state index is 13.6. The summed E-state index contributed by atoms with van der Waals surface area (Å²) in [4.78, 5) is 15.6. The Bertz CT molecular complexity index is 672. The highest BCUT2D eigenvalue weighted by atomic mass is 19.1. The number of pyridine rings is 1. The summed E-state index contributed by atoms with van der Waals surface area (Å²) in [6.07, 6.45) is 3.04. The van der Waals surface area contributed by atoms with Crippen molar-refractivity contribution in [1.29, 1.82) is 0 Å². The molecule has 5 nitrogen and oxygen atoms in total. The fourth-order valence-corrected chi connectivity index (χ4v) is 1.66. The molecule has 0 aliphatic rings. The minimum Gasteiger partial charge on any atom is -0.494 e. The summed E-state index contributed by atoms with van der Waals surface area (Å²) in [5.74, 6) is -0.678. The van der Waals surface area contributed by atoms with Crippen molar-refractivity contribution in [2.24, 2.45) is 5.10 Å². The molecule has 1 aromatic carbocycles. The Hall–Kier alpha value is -2.76. The first kappa shape index (κ1) is 14.6. The molecule has 0 atom stereocenters. The number of ether oxygens (including phenoxy) is 1. The van der Waals surface area contributed by atoms with Crippen molar-refractivity contribution in [3.63, 3.8) is 0 Å². The van der Waals surface area contributed by atoms with E-state index in [-0.39, 0.29) is 11.7 Å². The van der Waals surface area contributed by atoms with E-state index in [1.54, 1.807) is 25.1 Å². The minimum absolute atomic E-state index is 0.160. The number of amides is 1. The van der Waals surface area contributed by atoms with Gasteiger partial charge in [-0.3, -0.25) is 9.78 Å². The van der Waals surface area contributed by atoms with Crippen LogP contribution in [0.1, 0.15) is 22.8 Å². The van der Waals surface area contributed by atoms with Crippen LogP contribution in [0.25, 0.3) is 0 Å². The second kappa shape index (κ2) is 6.60. The molecule has 0 radical (unpaired) electrons. The fraction of sp³-hybridized carbons (Fsp3) is 0.133. The highest BCUT2D eigenvalue weighted by molar-refractivity contribution is 6.00. The summed E-state index contributed by atoms with van der Waals surface area (Å²) >= 11 is 0. The third-order valence-corrected chi connectivity index (χ3v) is 2.84. The van der Waals surface area contributed by atoms with Gasteiger partial charge in [-0.15, -0.1) is 0 Å². The zero-order chi connectivity index (χ0) is 15.2. The number of carbonyl (C=O) groups excluding carboxylic acids is 1. The van der Waals surface area contributed by atoms with Gasteiger partial charge in [-0.25, -0.2) is 9.82 Å². The number of hydrogen-bond donors (Lipinski definition) is 1. The van der Waals surface area contributed by atoms with E-state index < -0.39 is 5.82 Å². The largest absolute Gasteiger partial charge is 0.494 e. The Morgan fingerprint density at radius 2 is 1.95 bits per heavy atom. The Morgan fingerprint density at radius 1 is 1.24 bits per heavy atom. The number of nitrogens with zero attached hydrogens (tertiary/aromatic N) is 2. The zero-order valence-electron chi connectivity index (χ0n) is 11.6. The van der Waals surface area contributed by atoms with Crippen molar-refractivity contribution >= 4 is 11.6 Å². The lowest BCUT2D eigenvalue weighted by Gasteiger charge is -2.05. The standard InChI is InChI=1S/C15H14FN3O2/c1-10(12-3-4-14(21-2)13(16)9-12)18-19-15(20)11-5-7-17-8-6-11/h3-9H,1-2H3,(H,19,20)/b18-10-. The van der Waals surface area contributed by atoms with Crippen molar-refractivity contribution in [3.8, 4) is 5.75 Å². The van der Waals surface area contributed by atoms with E-state index in [4.69, 9.17) is 4.74 Å². The van der Waals surface area contributed by atoms with E-state index in [0.717, 1.165) is 0 Å². The molecule has 0 fully saturated rings. The average Bonchev–Trinajstić information content (AvgIpc) is 2.53. The van der Waals surface area contributed by atoms with Gasteiger partial charge >= 0.3 is 0 Å². The Balaban J connectivity index is 2.11. The van der Waals surface area contributed by atoms with Crippen molar-refractivity contribution in [3.05, 3.63) is 59.7 Å². The first-order valence-electron chi connectivity index (χ1n) is 6.20. The number of methoxy groups -OCH3 is 1. The van der Waals surface area contributed by atoms with Gasteiger partial charge < -0.3 is 4.74 Å². The number of hydrazone groups is 1. The molecule has 1 aromatic heterocycles. The van der Waals surface area contributed by atoms with Gasteiger partial charge in [-0.1, -0.05) is 0 Å². The van der Waals surface area contributed by atoms with Gasteiger partial charge in [-0.2, -0.15) is 5.10 Å². The van der Waals surface area contributed by atoms with Crippen LogP contribution in [0.15, 0.2) is 47.8 Å². The molecule has 1 N–H and O–H groups in total. The van der Waals surface area contributed by atoms with Gasteiger partial charge in [-0.05, 0) is 37.3 Å². The topological polar surface area (TPSA) is 63.6 Å². The van der Waals surface area contributed by atoms with Gasteiger partial charge in [0.15, 0.2) is 11.6 Å². The van der Waals surface area contributed by atoms with Crippen molar-refractivity contribution in [2.45, 2.75) is 6.92 Å². The monoisotopic (exact) mass is 287 g/mol. The van der Waals surface area contributed by atoms with Gasteiger partial charge in [0.25, 0.3) is 5.91 Å². The first-order valence-corrected chi connectivity index (χ1v) is 6.20. The molecule has 0 aliphatic carbocycles. The highest BCUT2D eigenvalue weighted by Gasteiger charge is 2.07. The Kier molecular flexibility index (Phi) is 4.61. The van der Waals surface area contributed by atoms with Gasteiger partial charge in [0, 0.05) is 23.5 Å². The van der Waals surface area contributed by atoms with Crippen LogP contribution in [0.4, 0.5) is 4.39 Å². The van der Waals surface area contributed by atoms with E-state index in [0.29, 0.717) is 16.8 Å². The number of aromatic nitrogens is 1. The van der Waals surface area contributed by atoms with E-state index in [9.17, 15) is 9.18 Å². The molecule has 0 unspecified atom stereocenters. The molecule has 108 valence electrons. The molecule has 0 bridgehead atoms. The van der Waals surface area contributed by atoms with Crippen LogP contribution in [0.3, 0.4) is 0 Å². The number of hydrogen-bond acceptors (Lipinski definition) is 4. The molecular weight excluding hydrogens is 273 g/mol. The molecule has 2 rings (SSSR count). The van der Waals surface area contributed by atoms with Crippen LogP contribution in [-0.2, 0) is 0 Å².